The second kappa shape index (κ2) is 5.98. The van der Waals surface area contributed by atoms with Gasteiger partial charge in [0.1, 0.15) is 4.88 Å². The number of hydrogen-bond donors (Lipinski definition) is 2. The summed E-state index contributed by atoms with van der Waals surface area (Å²) in [6.45, 7) is 0.527. The lowest BCUT2D eigenvalue weighted by Crippen LogP contribution is -2.44. The fraction of sp³-hybridized carbons (Fsp3) is 0.583. The summed E-state index contributed by atoms with van der Waals surface area (Å²) < 4.78 is 0.863. The molecule has 1 aliphatic carbocycles. The molecule has 1 aromatic heterocycles. The fourth-order valence-corrected chi connectivity index (χ4v) is 3.87. The van der Waals surface area contributed by atoms with Crippen LogP contribution in [-0.2, 0) is 0 Å². The van der Waals surface area contributed by atoms with E-state index in [-0.39, 0.29) is 11.9 Å². The average molecular weight is 317 g/mol. The predicted molar refractivity (Wildman–Crippen MR) is 74.3 cm³/mol. The standard InChI is InChI=1S/C12H17BrN2OS/c13-9-5-6-17-11(9)12(16)15-10(7-14)8-3-1-2-4-8/h5-6,8,10H,1-4,7,14H2,(H,15,16). The van der Waals surface area contributed by atoms with Gasteiger partial charge in [-0.05, 0) is 46.1 Å². The predicted octanol–water partition coefficient (Wildman–Crippen LogP) is 2.76. The van der Waals surface area contributed by atoms with Gasteiger partial charge in [-0.3, -0.25) is 4.79 Å². The van der Waals surface area contributed by atoms with Crippen LogP contribution in [0.3, 0.4) is 0 Å². The number of nitrogens with two attached hydrogens (primary N) is 1. The zero-order valence-corrected chi connectivity index (χ0v) is 12.0. The Morgan fingerprint density at radius 2 is 2.29 bits per heavy atom. The van der Waals surface area contributed by atoms with Gasteiger partial charge in [0.25, 0.3) is 5.91 Å². The van der Waals surface area contributed by atoms with Gasteiger partial charge in [-0.1, -0.05) is 12.8 Å². The van der Waals surface area contributed by atoms with E-state index in [4.69, 9.17) is 5.73 Å². The number of halogens is 1. The van der Waals surface area contributed by atoms with Crippen molar-refractivity contribution in [3.8, 4) is 0 Å². The first kappa shape index (κ1) is 13.1. The Morgan fingerprint density at radius 3 is 2.82 bits per heavy atom. The molecule has 0 radical (unpaired) electrons. The van der Waals surface area contributed by atoms with Crippen molar-refractivity contribution in [3.05, 3.63) is 20.8 Å². The van der Waals surface area contributed by atoms with Gasteiger partial charge in [0.2, 0.25) is 0 Å². The van der Waals surface area contributed by atoms with E-state index in [1.807, 2.05) is 11.4 Å². The first-order valence-corrected chi connectivity index (χ1v) is 7.63. The van der Waals surface area contributed by atoms with Crippen LogP contribution >= 0.6 is 27.3 Å². The Balaban J connectivity index is 1.99. The normalized spacial score (nSPS) is 18.2. The molecule has 0 aromatic carbocycles. The van der Waals surface area contributed by atoms with E-state index >= 15 is 0 Å². The molecule has 2 rings (SSSR count). The van der Waals surface area contributed by atoms with Crippen molar-refractivity contribution in [3.63, 3.8) is 0 Å². The molecule has 1 aromatic rings. The van der Waals surface area contributed by atoms with E-state index < -0.39 is 0 Å². The lowest BCUT2D eigenvalue weighted by atomic mass is 9.98. The van der Waals surface area contributed by atoms with Gasteiger partial charge in [-0.25, -0.2) is 0 Å². The summed E-state index contributed by atoms with van der Waals surface area (Å²) >= 11 is 4.83. The molecule has 17 heavy (non-hydrogen) atoms. The molecule has 1 fully saturated rings. The third-order valence-electron chi connectivity index (χ3n) is 3.36. The highest BCUT2D eigenvalue weighted by Crippen LogP contribution is 2.28. The van der Waals surface area contributed by atoms with E-state index in [0.717, 1.165) is 9.35 Å². The second-order valence-corrected chi connectivity index (χ2v) is 6.23. The van der Waals surface area contributed by atoms with Crippen LogP contribution in [0, 0.1) is 5.92 Å². The minimum atomic E-state index is -0.00535. The molecule has 0 saturated heterocycles. The van der Waals surface area contributed by atoms with Crippen molar-refractivity contribution in [1.82, 2.24) is 5.32 Å². The quantitative estimate of drug-likeness (QED) is 0.897. The minimum Gasteiger partial charge on any atom is -0.347 e. The molecule has 1 atom stereocenters. The summed E-state index contributed by atoms with van der Waals surface area (Å²) in [6, 6.07) is 2.02. The summed E-state index contributed by atoms with van der Waals surface area (Å²) in [6.07, 6.45) is 4.90. The Kier molecular flexibility index (Phi) is 4.59. The Bertz CT molecular complexity index is 388. The van der Waals surface area contributed by atoms with Gasteiger partial charge < -0.3 is 11.1 Å². The highest BCUT2D eigenvalue weighted by atomic mass is 79.9. The van der Waals surface area contributed by atoms with Crippen molar-refractivity contribution >= 4 is 33.2 Å². The molecule has 1 unspecified atom stereocenters. The van der Waals surface area contributed by atoms with E-state index in [9.17, 15) is 4.79 Å². The summed E-state index contributed by atoms with van der Waals surface area (Å²) in [5.41, 5.74) is 5.77. The smallest absolute Gasteiger partial charge is 0.262 e. The highest BCUT2D eigenvalue weighted by Gasteiger charge is 2.26. The van der Waals surface area contributed by atoms with E-state index in [0.29, 0.717) is 12.5 Å². The first-order valence-electron chi connectivity index (χ1n) is 5.96. The number of rotatable bonds is 4. The molecule has 1 saturated carbocycles. The van der Waals surface area contributed by atoms with Gasteiger partial charge in [0, 0.05) is 17.1 Å². The molecule has 0 aliphatic heterocycles. The number of carbonyl (C=O) groups excluding carboxylic acids is 1. The summed E-state index contributed by atoms with van der Waals surface area (Å²) in [5, 5.41) is 4.98. The van der Waals surface area contributed by atoms with Gasteiger partial charge in [0.05, 0.1) is 0 Å². The summed E-state index contributed by atoms with van der Waals surface area (Å²) in [7, 11) is 0. The molecular weight excluding hydrogens is 300 g/mol. The molecule has 5 heteroatoms. The van der Waals surface area contributed by atoms with Crippen LogP contribution in [0.15, 0.2) is 15.9 Å². The lowest BCUT2D eigenvalue weighted by molar-refractivity contribution is 0.0927. The molecule has 0 bridgehead atoms. The maximum absolute atomic E-state index is 12.1. The Labute approximate surface area is 114 Å². The zero-order chi connectivity index (χ0) is 12.3. The van der Waals surface area contributed by atoms with E-state index in [2.05, 4.69) is 21.2 Å². The number of thiophene rings is 1. The topological polar surface area (TPSA) is 55.1 Å². The van der Waals surface area contributed by atoms with Gasteiger partial charge >= 0.3 is 0 Å². The molecule has 1 amide bonds. The Morgan fingerprint density at radius 1 is 1.59 bits per heavy atom. The van der Waals surface area contributed by atoms with Crippen molar-refractivity contribution < 1.29 is 4.79 Å². The van der Waals surface area contributed by atoms with Crippen molar-refractivity contribution in [1.29, 1.82) is 0 Å². The molecule has 3 nitrogen and oxygen atoms in total. The van der Waals surface area contributed by atoms with Crippen LogP contribution in [0.5, 0.6) is 0 Å². The Hall–Kier alpha value is -0.390. The van der Waals surface area contributed by atoms with Gasteiger partial charge in [-0.2, -0.15) is 0 Å². The zero-order valence-electron chi connectivity index (χ0n) is 9.62. The van der Waals surface area contributed by atoms with Crippen LogP contribution in [0.1, 0.15) is 35.4 Å². The fourth-order valence-electron chi connectivity index (χ4n) is 2.42. The van der Waals surface area contributed by atoms with Crippen LogP contribution in [0.4, 0.5) is 0 Å². The molecule has 1 heterocycles. The molecule has 0 spiro atoms. The number of hydrogen-bond acceptors (Lipinski definition) is 3. The number of nitrogens with one attached hydrogen (secondary N) is 1. The van der Waals surface area contributed by atoms with Gasteiger partial charge in [0.15, 0.2) is 0 Å². The average Bonchev–Trinajstić information content (AvgIpc) is 2.96. The third kappa shape index (κ3) is 3.09. The van der Waals surface area contributed by atoms with Gasteiger partial charge in [-0.15, -0.1) is 11.3 Å². The SMILES string of the molecule is NCC(NC(=O)c1sccc1Br)C1CCCC1. The minimum absolute atomic E-state index is 0.00535. The molecule has 3 N–H and O–H groups in total. The third-order valence-corrected chi connectivity index (χ3v) is 5.20. The molecule has 94 valence electrons. The van der Waals surface area contributed by atoms with Crippen LogP contribution in [0.2, 0.25) is 0 Å². The van der Waals surface area contributed by atoms with E-state index in [1.54, 1.807) is 0 Å². The second-order valence-electron chi connectivity index (χ2n) is 4.46. The number of carbonyl (C=O) groups is 1. The maximum Gasteiger partial charge on any atom is 0.262 e. The largest absolute Gasteiger partial charge is 0.347 e. The number of amides is 1. The lowest BCUT2D eigenvalue weighted by Gasteiger charge is -2.22. The van der Waals surface area contributed by atoms with Crippen molar-refractivity contribution in [2.24, 2.45) is 11.7 Å². The maximum atomic E-state index is 12.1. The van der Waals surface area contributed by atoms with Crippen molar-refractivity contribution in [2.75, 3.05) is 6.54 Å². The monoisotopic (exact) mass is 316 g/mol. The van der Waals surface area contributed by atoms with E-state index in [1.165, 1.54) is 37.0 Å². The van der Waals surface area contributed by atoms with Crippen LogP contribution < -0.4 is 11.1 Å². The van der Waals surface area contributed by atoms with Crippen LogP contribution in [-0.4, -0.2) is 18.5 Å². The van der Waals surface area contributed by atoms with Crippen LogP contribution in [0.25, 0.3) is 0 Å². The summed E-state index contributed by atoms with van der Waals surface area (Å²) in [5.74, 6) is 0.553. The first-order chi connectivity index (χ1) is 8.22. The molecular formula is C12H17BrN2OS. The highest BCUT2D eigenvalue weighted by molar-refractivity contribution is 9.10. The van der Waals surface area contributed by atoms with Crippen molar-refractivity contribution in [2.45, 2.75) is 31.7 Å². The molecule has 1 aliphatic rings. The summed E-state index contributed by atoms with van der Waals surface area (Å²) in [4.78, 5) is 12.8.